The van der Waals surface area contributed by atoms with Crippen molar-refractivity contribution >= 4 is 22.5 Å². The molecule has 120 valence electrons. The van der Waals surface area contributed by atoms with Gasteiger partial charge < -0.3 is 5.32 Å². The standard InChI is InChI=1S/C19H12N4O2/c1-2-11-23-17(21-16-10-6-4-8-14(16)19(23)25)18(24)22-15-9-5-3-7-13(15)12-20/h1,3-10H,11H2,(H,22,24). The molecule has 0 aliphatic rings. The van der Waals surface area contributed by atoms with Gasteiger partial charge in [-0.15, -0.1) is 6.42 Å². The average molecular weight is 328 g/mol. The molecule has 1 heterocycles. The normalized spacial score (nSPS) is 10.0. The molecular formula is C19H12N4O2. The van der Waals surface area contributed by atoms with Gasteiger partial charge in [0.15, 0.2) is 0 Å². The van der Waals surface area contributed by atoms with E-state index in [9.17, 15) is 9.59 Å². The third kappa shape index (κ3) is 2.97. The Labute approximate surface area is 143 Å². The fourth-order valence-electron chi connectivity index (χ4n) is 2.45. The molecule has 0 bridgehead atoms. The van der Waals surface area contributed by atoms with E-state index in [2.05, 4.69) is 16.2 Å². The lowest BCUT2D eigenvalue weighted by molar-refractivity contribution is 0.101. The fourth-order valence-corrected chi connectivity index (χ4v) is 2.45. The highest BCUT2D eigenvalue weighted by atomic mass is 16.2. The summed E-state index contributed by atoms with van der Waals surface area (Å²) >= 11 is 0. The molecule has 0 radical (unpaired) electrons. The van der Waals surface area contributed by atoms with Gasteiger partial charge in [-0.05, 0) is 24.3 Å². The van der Waals surface area contributed by atoms with Crippen molar-refractivity contribution in [3.8, 4) is 18.4 Å². The van der Waals surface area contributed by atoms with Crippen molar-refractivity contribution in [2.24, 2.45) is 0 Å². The minimum absolute atomic E-state index is 0.0840. The summed E-state index contributed by atoms with van der Waals surface area (Å²) in [4.78, 5) is 29.6. The molecule has 0 aliphatic heterocycles. The summed E-state index contributed by atoms with van der Waals surface area (Å²) in [7, 11) is 0. The maximum absolute atomic E-state index is 12.7. The van der Waals surface area contributed by atoms with Crippen LogP contribution < -0.4 is 10.9 Å². The van der Waals surface area contributed by atoms with E-state index in [0.29, 0.717) is 22.2 Å². The Kier molecular flexibility index (Phi) is 4.28. The van der Waals surface area contributed by atoms with E-state index in [-0.39, 0.29) is 17.9 Å². The van der Waals surface area contributed by atoms with Crippen LogP contribution in [0.2, 0.25) is 0 Å². The maximum Gasteiger partial charge on any atom is 0.291 e. The van der Waals surface area contributed by atoms with E-state index in [1.807, 2.05) is 6.07 Å². The van der Waals surface area contributed by atoms with Gasteiger partial charge in [0, 0.05) is 0 Å². The molecule has 6 heteroatoms. The first-order chi connectivity index (χ1) is 12.2. The third-order valence-corrected chi connectivity index (χ3v) is 3.61. The van der Waals surface area contributed by atoms with Gasteiger partial charge >= 0.3 is 0 Å². The van der Waals surface area contributed by atoms with Gasteiger partial charge in [-0.25, -0.2) is 4.98 Å². The number of nitriles is 1. The molecule has 3 rings (SSSR count). The van der Waals surface area contributed by atoms with Crippen molar-refractivity contribution in [2.45, 2.75) is 6.54 Å². The first kappa shape index (κ1) is 16.0. The quantitative estimate of drug-likeness (QED) is 0.746. The van der Waals surface area contributed by atoms with E-state index in [0.717, 1.165) is 4.57 Å². The van der Waals surface area contributed by atoms with Crippen LogP contribution in [-0.2, 0) is 6.54 Å². The van der Waals surface area contributed by atoms with Gasteiger partial charge in [0.2, 0.25) is 5.82 Å². The first-order valence-corrected chi connectivity index (χ1v) is 7.39. The Bertz CT molecular complexity index is 1120. The number of nitrogens with zero attached hydrogens (tertiary/aromatic N) is 3. The summed E-state index contributed by atoms with van der Waals surface area (Å²) in [5, 5.41) is 12.1. The van der Waals surface area contributed by atoms with Gasteiger partial charge in [-0.3, -0.25) is 14.2 Å². The maximum atomic E-state index is 12.7. The minimum atomic E-state index is -0.610. The van der Waals surface area contributed by atoms with Crippen molar-refractivity contribution in [3.63, 3.8) is 0 Å². The van der Waals surface area contributed by atoms with Gasteiger partial charge in [0.05, 0.1) is 28.7 Å². The number of para-hydroxylation sites is 2. The molecule has 2 aromatic carbocycles. The summed E-state index contributed by atoms with van der Waals surface area (Å²) in [5.74, 6) is 1.65. The summed E-state index contributed by atoms with van der Waals surface area (Å²) in [6.07, 6.45) is 5.33. The van der Waals surface area contributed by atoms with Crippen molar-refractivity contribution in [2.75, 3.05) is 5.32 Å². The number of anilines is 1. The number of benzene rings is 2. The zero-order chi connectivity index (χ0) is 17.8. The molecule has 25 heavy (non-hydrogen) atoms. The monoisotopic (exact) mass is 328 g/mol. The largest absolute Gasteiger partial charge is 0.318 e. The molecule has 0 atom stereocenters. The van der Waals surface area contributed by atoms with E-state index < -0.39 is 5.91 Å². The number of rotatable bonds is 3. The zero-order valence-corrected chi connectivity index (χ0v) is 13.1. The van der Waals surface area contributed by atoms with Crippen molar-refractivity contribution in [3.05, 3.63) is 70.3 Å². The van der Waals surface area contributed by atoms with E-state index >= 15 is 0 Å². The second kappa shape index (κ2) is 6.69. The number of terminal acetylenes is 1. The molecule has 1 amide bonds. The van der Waals surface area contributed by atoms with Crippen molar-refractivity contribution in [1.29, 1.82) is 5.26 Å². The topological polar surface area (TPSA) is 87.8 Å². The molecule has 0 unspecified atom stereocenters. The molecule has 1 aromatic heterocycles. The number of aromatic nitrogens is 2. The van der Waals surface area contributed by atoms with Crippen LogP contribution in [0.25, 0.3) is 10.9 Å². The molecule has 1 N–H and O–H groups in total. The Morgan fingerprint density at radius 1 is 1.20 bits per heavy atom. The number of hydrogen-bond donors (Lipinski definition) is 1. The number of fused-ring (bicyclic) bond motifs is 1. The summed E-state index contributed by atoms with van der Waals surface area (Å²) < 4.78 is 1.15. The molecule has 0 saturated heterocycles. The second-order valence-electron chi connectivity index (χ2n) is 5.16. The van der Waals surface area contributed by atoms with Crippen LogP contribution >= 0.6 is 0 Å². The van der Waals surface area contributed by atoms with E-state index in [1.54, 1.807) is 48.5 Å². The summed E-state index contributed by atoms with van der Waals surface area (Å²) in [5.41, 5.74) is 0.661. The van der Waals surface area contributed by atoms with Gasteiger partial charge in [-0.2, -0.15) is 5.26 Å². The van der Waals surface area contributed by atoms with Crippen LogP contribution in [0.5, 0.6) is 0 Å². The highest BCUT2D eigenvalue weighted by molar-refractivity contribution is 6.03. The highest BCUT2D eigenvalue weighted by Crippen LogP contribution is 2.15. The molecule has 0 saturated carbocycles. The van der Waals surface area contributed by atoms with E-state index in [4.69, 9.17) is 11.7 Å². The van der Waals surface area contributed by atoms with Crippen LogP contribution in [0.4, 0.5) is 5.69 Å². The Balaban J connectivity index is 2.13. The lowest BCUT2D eigenvalue weighted by Crippen LogP contribution is -2.30. The number of amides is 1. The molecular weight excluding hydrogens is 316 g/mol. The molecule has 0 aliphatic carbocycles. The fraction of sp³-hybridized carbons (Fsp3) is 0.0526. The number of hydrogen-bond acceptors (Lipinski definition) is 4. The summed E-state index contributed by atoms with van der Waals surface area (Å²) in [6.45, 7) is -0.0840. The van der Waals surface area contributed by atoms with Gasteiger partial charge in [0.1, 0.15) is 6.07 Å². The number of nitrogens with one attached hydrogen (secondary N) is 1. The Morgan fingerprint density at radius 2 is 1.92 bits per heavy atom. The lowest BCUT2D eigenvalue weighted by Gasteiger charge is -2.12. The van der Waals surface area contributed by atoms with Gasteiger partial charge in [0.25, 0.3) is 11.5 Å². The molecule has 0 spiro atoms. The molecule has 0 fully saturated rings. The van der Waals surface area contributed by atoms with Crippen LogP contribution in [0.3, 0.4) is 0 Å². The van der Waals surface area contributed by atoms with Crippen LogP contribution in [0.15, 0.2) is 53.3 Å². The third-order valence-electron chi connectivity index (χ3n) is 3.61. The molecule has 3 aromatic rings. The SMILES string of the molecule is C#CCn1c(C(=O)Nc2ccccc2C#N)nc2ccccc2c1=O. The van der Waals surface area contributed by atoms with E-state index in [1.165, 1.54) is 0 Å². The number of carbonyl (C=O) groups is 1. The first-order valence-electron chi connectivity index (χ1n) is 7.39. The molecule has 6 nitrogen and oxygen atoms in total. The van der Waals surface area contributed by atoms with Crippen LogP contribution in [0, 0.1) is 23.7 Å². The lowest BCUT2D eigenvalue weighted by atomic mass is 10.2. The predicted octanol–water partition coefficient (Wildman–Crippen LogP) is 2.15. The minimum Gasteiger partial charge on any atom is -0.318 e. The number of carbonyl (C=O) groups excluding carboxylic acids is 1. The van der Waals surface area contributed by atoms with Crippen molar-refractivity contribution < 1.29 is 4.79 Å². The van der Waals surface area contributed by atoms with Crippen LogP contribution in [0.1, 0.15) is 16.2 Å². The smallest absolute Gasteiger partial charge is 0.291 e. The highest BCUT2D eigenvalue weighted by Gasteiger charge is 2.18. The van der Waals surface area contributed by atoms with Gasteiger partial charge in [-0.1, -0.05) is 30.2 Å². The van der Waals surface area contributed by atoms with Crippen LogP contribution in [-0.4, -0.2) is 15.5 Å². The predicted molar refractivity (Wildman–Crippen MR) is 93.9 cm³/mol. The van der Waals surface area contributed by atoms with Crippen molar-refractivity contribution in [1.82, 2.24) is 9.55 Å². The zero-order valence-electron chi connectivity index (χ0n) is 13.1. The Hall–Kier alpha value is -3.90. The summed E-state index contributed by atoms with van der Waals surface area (Å²) in [6, 6.07) is 15.3. The average Bonchev–Trinajstić information content (AvgIpc) is 2.64. The Morgan fingerprint density at radius 3 is 2.68 bits per heavy atom. The second-order valence-corrected chi connectivity index (χ2v) is 5.16.